The number of esters is 1. The van der Waals surface area contributed by atoms with E-state index in [0.717, 1.165) is 5.56 Å². The summed E-state index contributed by atoms with van der Waals surface area (Å²) in [5, 5.41) is 0.759. The van der Waals surface area contributed by atoms with Crippen LogP contribution in [0, 0.1) is 6.92 Å². The number of carbonyl (C=O) groups is 1. The van der Waals surface area contributed by atoms with Crippen molar-refractivity contribution in [2.75, 3.05) is 6.61 Å². The van der Waals surface area contributed by atoms with Crippen molar-refractivity contribution in [3.05, 3.63) is 82.9 Å². The Labute approximate surface area is 181 Å². The molecular formula is C21H21Cl2NO4S. The Morgan fingerprint density at radius 3 is 2.31 bits per heavy atom. The summed E-state index contributed by atoms with van der Waals surface area (Å²) in [5.74, 6) is -0.721. The Bertz CT molecular complexity index is 1010. The van der Waals surface area contributed by atoms with Crippen LogP contribution in [-0.2, 0) is 19.6 Å². The molecule has 0 bridgehead atoms. The van der Waals surface area contributed by atoms with Crippen molar-refractivity contribution in [1.82, 2.24) is 4.72 Å². The molecule has 1 unspecified atom stereocenters. The second-order valence-corrected chi connectivity index (χ2v) is 8.74. The van der Waals surface area contributed by atoms with Crippen molar-refractivity contribution in [1.29, 1.82) is 0 Å². The molecule has 0 spiro atoms. The monoisotopic (exact) mass is 453 g/mol. The van der Waals surface area contributed by atoms with E-state index < -0.39 is 22.0 Å². The Morgan fingerprint density at radius 1 is 1.17 bits per heavy atom. The van der Waals surface area contributed by atoms with Crippen LogP contribution < -0.4 is 4.72 Å². The predicted octanol–water partition coefficient (Wildman–Crippen LogP) is 4.69. The third-order valence-corrected chi connectivity index (χ3v) is 6.01. The highest BCUT2D eigenvalue weighted by Crippen LogP contribution is 2.24. The highest BCUT2D eigenvalue weighted by Gasteiger charge is 2.25. The zero-order valence-corrected chi connectivity index (χ0v) is 18.3. The molecule has 5 nitrogen and oxygen atoms in total. The van der Waals surface area contributed by atoms with Crippen LogP contribution >= 0.6 is 23.2 Å². The normalized spacial score (nSPS) is 13.0. The molecule has 1 atom stereocenters. The van der Waals surface area contributed by atoms with Gasteiger partial charge in [0, 0.05) is 10.1 Å². The molecule has 0 saturated carbocycles. The van der Waals surface area contributed by atoms with Crippen LogP contribution in [0.25, 0.3) is 5.03 Å². The van der Waals surface area contributed by atoms with Crippen molar-refractivity contribution in [2.24, 2.45) is 0 Å². The number of aryl methyl sites for hydroxylation is 1. The van der Waals surface area contributed by atoms with Gasteiger partial charge in [-0.1, -0.05) is 59.6 Å². The van der Waals surface area contributed by atoms with E-state index in [1.54, 1.807) is 43.3 Å². The van der Waals surface area contributed by atoms with Crippen molar-refractivity contribution in [3.63, 3.8) is 0 Å². The average molecular weight is 454 g/mol. The maximum atomic E-state index is 12.8. The lowest BCUT2D eigenvalue weighted by molar-refractivity contribution is -0.138. The van der Waals surface area contributed by atoms with Gasteiger partial charge in [0.2, 0.25) is 10.0 Å². The van der Waals surface area contributed by atoms with Crippen LogP contribution in [0.2, 0.25) is 5.02 Å². The van der Waals surface area contributed by atoms with E-state index in [1.807, 2.05) is 6.92 Å². The van der Waals surface area contributed by atoms with Crippen LogP contribution in [0.1, 0.15) is 18.1 Å². The van der Waals surface area contributed by atoms with Crippen molar-refractivity contribution in [2.45, 2.75) is 24.8 Å². The van der Waals surface area contributed by atoms with Gasteiger partial charge in [-0.3, -0.25) is 0 Å². The molecule has 0 radical (unpaired) electrons. The maximum absolute atomic E-state index is 12.8. The second kappa shape index (κ2) is 10.1. The number of nitrogens with one attached hydrogen (secondary N) is 1. The van der Waals surface area contributed by atoms with Gasteiger partial charge in [-0.15, -0.1) is 0 Å². The molecule has 0 saturated heterocycles. The van der Waals surface area contributed by atoms with Gasteiger partial charge in [-0.25, -0.2) is 13.2 Å². The van der Waals surface area contributed by atoms with E-state index in [4.69, 9.17) is 27.9 Å². The molecule has 0 fully saturated rings. The first-order valence-corrected chi connectivity index (χ1v) is 11.0. The van der Waals surface area contributed by atoms with Gasteiger partial charge in [0.15, 0.2) is 0 Å². The summed E-state index contributed by atoms with van der Waals surface area (Å²) in [7, 11) is -3.95. The van der Waals surface area contributed by atoms with Gasteiger partial charge in [0.05, 0.1) is 23.1 Å². The van der Waals surface area contributed by atoms with Gasteiger partial charge in [-0.05, 0) is 49.8 Å². The van der Waals surface area contributed by atoms with E-state index in [2.05, 4.69) is 11.3 Å². The SMILES string of the molecule is C=C(C(=O)OCC)C(/C=C(\Cl)c1ccc(Cl)cc1)NS(=O)(=O)c1ccc(C)cc1. The molecule has 8 heteroatoms. The number of halogens is 2. The standard InChI is InChI=1S/C21H21Cl2NO4S/c1-4-28-21(25)15(3)20(13-19(23)16-7-9-17(22)10-8-16)24-29(26,27)18-11-5-14(2)6-12-18/h5-13,20,24H,3-4H2,1-2H3/b19-13-. The first kappa shape index (κ1) is 23.2. The number of carbonyl (C=O) groups excluding carboxylic acids is 1. The number of rotatable bonds is 8. The summed E-state index contributed by atoms with van der Waals surface area (Å²) in [5.41, 5.74) is 1.43. The molecule has 0 aliphatic heterocycles. The lowest BCUT2D eigenvalue weighted by atomic mass is 10.1. The van der Waals surface area contributed by atoms with Crippen LogP contribution in [0.3, 0.4) is 0 Å². The summed E-state index contributed by atoms with van der Waals surface area (Å²) in [6.07, 6.45) is 1.40. The molecule has 2 aromatic rings. The summed E-state index contributed by atoms with van der Waals surface area (Å²) in [4.78, 5) is 12.2. The van der Waals surface area contributed by atoms with Crippen molar-refractivity contribution in [3.8, 4) is 0 Å². The summed E-state index contributed by atoms with van der Waals surface area (Å²) in [6.45, 7) is 7.33. The van der Waals surface area contributed by atoms with Crippen LogP contribution in [0.4, 0.5) is 0 Å². The first-order chi connectivity index (χ1) is 13.6. The molecule has 2 rings (SSSR count). The topological polar surface area (TPSA) is 72.5 Å². The molecule has 0 amide bonds. The minimum Gasteiger partial charge on any atom is -0.463 e. The van der Waals surface area contributed by atoms with Gasteiger partial charge in [0.25, 0.3) is 0 Å². The predicted molar refractivity (Wildman–Crippen MR) is 116 cm³/mol. The summed E-state index contributed by atoms with van der Waals surface area (Å²) >= 11 is 12.3. The third kappa shape index (κ3) is 6.44. The lowest BCUT2D eigenvalue weighted by Gasteiger charge is -2.18. The summed E-state index contributed by atoms with van der Waals surface area (Å²) < 4.78 is 33.0. The Hall–Kier alpha value is -2.12. The zero-order chi connectivity index (χ0) is 21.6. The molecule has 29 heavy (non-hydrogen) atoms. The molecule has 0 aliphatic rings. The van der Waals surface area contributed by atoms with E-state index in [-0.39, 0.29) is 22.1 Å². The van der Waals surface area contributed by atoms with Crippen LogP contribution in [0.15, 0.2) is 71.7 Å². The van der Waals surface area contributed by atoms with E-state index in [1.165, 1.54) is 18.2 Å². The van der Waals surface area contributed by atoms with Gasteiger partial charge >= 0.3 is 5.97 Å². The molecule has 2 aromatic carbocycles. The molecule has 154 valence electrons. The minimum absolute atomic E-state index is 0.0563. The number of hydrogen-bond donors (Lipinski definition) is 1. The Morgan fingerprint density at radius 2 is 1.76 bits per heavy atom. The Balaban J connectivity index is 2.40. The highest BCUT2D eigenvalue weighted by molar-refractivity contribution is 7.89. The number of sulfonamides is 1. The smallest absolute Gasteiger partial charge is 0.335 e. The molecule has 0 aromatic heterocycles. The quantitative estimate of drug-likeness (QED) is 0.464. The van der Waals surface area contributed by atoms with Gasteiger partial charge < -0.3 is 4.74 Å². The fourth-order valence-corrected chi connectivity index (χ4v) is 3.91. The largest absolute Gasteiger partial charge is 0.463 e. The Kier molecular flexibility index (Phi) is 8.05. The van der Waals surface area contributed by atoms with Crippen LogP contribution in [0.5, 0.6) is 0 Å². The van der Waals surface area contributed by atoms with E-state index in [9.17, 15) is 13.2 Å². The van der Waals surface area contributed by atoms with Crippen LogP contribution in [-0.4, -0.2) is 27.0 Å². The minimum atomic E-state index is -3.95. The molecule has 0 heterocycles. The fourth-order valence-electron chi connectivity index (χ4n) is 2.36. The third-order valence-electron chi connectivity index (χ3n) is 3.96. The molecular weight excluding hydrogens is 433 g/mol. The van der Waals surface area contributed by atoms with Gasteiger partial charge in [0.1, 0.15) is 0 Å². The van der Waals surface area contributed by atoms with E-state index >= 15 is 0 Å². The van der Waals surface area contributed by atoms with E-state index in [0.29, 0.717) is 10.6 Å². The van der Waals surface area contributed by atoms with Crippen molar-refractivity contribution < 1.29 is 17.9 Å². The number of benzene rings is 2. The van der Waals surface area contributed by atoms with Gasteiger partial charge in [-0.2, -0.15) is 4.72 Å². The highest BCUT2D eigenvalue weighted by atomic mass is 35.5. The molecule has 0 aliphatic carbocycles. The maximum Gasteiger partial charge on any atom is 0.335 e. The van der Waals surface area contributed by atoms with Crippen molar-refractivity contribution >= 4 is 44.2 Å². The average Bonchev–Trinajstić information content (AvgIpc) is 2.67. The number of hydrogen-bond acceptors (Lipinski definition) is 4. The molecule has 1 N–H and O–H groups in total. The fraction of sp³-hybridized carbons (Fsp3) is 0.190. The number of ether oxygens (including phenoxy) is 1. The lowest BCUT2D eigenvalue weighted by Crippen LogP contribution is -2.37. The second-order valence-electron chi connectivity index (χ2n) is 6.18. The zero-order valence-electron chi connectivity index (χ0n) is 16.0. The first-order valence-electron chi connectivity index (χ1n) is 8.72. The summed E-state index contributed by atoms with van der Waals surface area (Å²) in [6, 6.07) is 11.9.